The fourth-order valence-corrected chi connectivity index (χ4v) is 4.62. The van der Waals surface area contributed by atoms with Crippen molar-refractivity contribution in [1.82, 2.24) is 34.7 Å². The molecule has 3 aromatic heterocycles. The molecule has 4 aromatic rings. The van der Waals surface area contributed by atoms with E-state index >= 15 is 0 Å². The summed E-state index contributed by atoms with van der Waals surface area (Å²) in [6.07, 6.45) is 3.07. The highest BCUT2D eigenvalue weighted by molar-refractivity contribution is 6.09. The van der Waals surface area contributed by atoms with Gasteiger partial charge in [-0.2, -0.15) is 9.90 Å². The Morgan fingerprint density at radius 1 is 1.13 bits per heavy atom. The van der Waals surface area contributed by atoms with Crippen LogP contribution in [0.2, 0.25) is 0 Å². The van der Waals surface area contributed by atoms with Crippen molar-refractivity contribution in [3.63, 3.8) is 0 Å². The van der Waals surface area contributed by atoms with Crippen molar-refractivity contribution < 1.29 is 19.1 Å². The van der Waals surface area contributed by atoms with E-state index in [9.17, 15) is 9.59 Å². The summed E-state index contributed by atoms with van der Waals surface area (Å²) in [5, 5.41) is 20.2. The lowest BCUT2D eigenvalue weighted by atomic mass is 10.1. The third kappa shape index (κ3) is 4.41. The van der Waals surface area contributed by atoms with Gasteiger partial charge in [-0.25, -0.2) is 9.31 Å². The molecule has 0 radical (unpaired) electrons. The maximum absolute atomic E-state index is 13.3. The fourth-order valence-electron chi connectivity index (χ4n) is 4.62. The summed E-state index contributed by atoms with van der Waals surface area (Å²) in [5.41, 5.74) is 4.50. The predicted octanol–water partition coefficient (Wildman–Crippen LogP) is 2.01. The van der Waals surface area contributed by atoms with E-state index in [1.165, 1.54) is 11.9 Å². The molecule has 2 saturated heterocycles. The van der Waals surface area contributed by atoms with Gasteiger partial charge in [-0.3, -0.25) is 4.79 Å². The Morgan fingerprint density at radius 2 is 1.95 bits per heavy atom. The Bertz CT molecular complexity index is 1500. The molecule has 0 unspecified atom stereocenters. The van der Waals surface area contributed by atoms with Crippen molar-refractivity contribution >= 4 is 28.9 Å². The molecule has 38 heavy (non-hydrogen) atoms. The van der Waals surface area contributed by atoms with Crippen LogP contribution in [0.1, 0.15) is 22.0 Å². The van der Waals surface area contributed by atoms with Gasteiger partial charge in [-0.05, 0) is 35.9 Å². The molecule has 13 heteroatoms. The SMILES string of the molecule is COC(=O)N1CC(n2nnc(-c3ccc(C)c(NC(=O)c4cnn5ccc(N6CCOCC6)cc45)c3)n2)C1. The van der Waals surface area contributed by atoms with Gasteiger partial charge in [0, 0.05) is 36.2 Å². The number of nitrogens with zero attached hydrogens (tertiary/aromatic N) is 8. The van der Waals surface area contributed by atoms with Gasteiger partial charge in [0.2, 0.25) is 5.82 Å². The highest BCUT2D eigenvalue weighted by atomic mass is 16.5. The van der Waals surface area contributed by atoms with Gasteiger partial charge in [0.05, 0.1) is 50.7 Å². The minimum atomic E-state index is -0.371. The number of aromatic nitrogens is 6. The number of anilines is 2. The van der Waals surface area contributed by atoms with E-state index in [1.54, 1.807) is 15.6 Å². The molecule has 0 aliphatic carbocycles. The third-order valence-electron chi connectivity index (χ3n) is 6.92. The number of methoxy groups -OCH3 is 1. The number of hydrogen-bond donors (Lipinski definition) is 1. The average Bonchev–Trinajstić information content (AvgIpc) is 3.57. The van der Waals surface area contributed by atoms with E-state index < -0.39 is 0 Å². The second-order valence-corrected chi connectivity index (χ2v) is 9.32. The van der Waals surface area contributed by atoms with Crippen molar-refractivity contribution in [2.45, 2.75) is 13.0 Å². The fraction of sp³-hybridized carbons (Fsp3) is 0.360. The molecular formula is C25H27N9O4. The number of pyridine rings is 1. The number of nitrogens with one attached hydrogen (secondary N) is 1. The Labute approximate surface area is 217 Å². The van der Waals surface area contributed by atoms with Crippen molar-refractivity contribution in [3.05, 3.63) is 53.9 Å². The molecule has 2 fully saturated rings. The van der Waals surface area contributed by atoms with Crippen molar-refractivity contribution in [2.75, 3.05) is 56.7 Å². The van der Waals surface area contributed by atoms with Crippen LogP contribution in [0.3, 0.4) is 0 Å². The lowest BCUT2D eigenvalue weighted by Crippen LogP contribution is -2.51. The van der Waals surface area contributed by atoms with Crippen molar-refractivity contribution in [3.8, 4) is 11.4 Å². The van der Waals surface area contributed by atoms with E-state index in [-0.39, 0.29) is 18.0 Å². The first-order chi connectivity index (χ1) is 18.5. The summed E-state index contributed by atoms with van der Waals surface area (Å²) < 4.78 is 11.9. The molecule has 0 saturated carbocycles. The van der Waals surface area contributed by atoms with E-state index in [4.69, 9.17) is 9.47 Å². The van der Waals surface area contributed by atoms with E-state index in [1.807, 2.05) is 43.5 Å². The summed E-state index contributed by atoms with van der Waals surface area (Å²) in [4.78, 5) is 30.3. The van der Waals surface area contributed by atoms with Gasteiger partial charge in [0.25, 0.3) is 5.91 Å². The molecule has 196 valence electrons. The lowest BCUT2D eigenvalue weighted by Gasteiger charge is -2.36. The number of fused-ring (bicyclic) bond motifs is 1. The molecule has 2 aliphatic rings. The summed E-state index contributed by atoms with van der Waals surface area (Å²) in [5.74, 6) is 0.177. The van der Waals surface area contributed by atoms with Gasteiger partial charge in [0.1, 0.15) is 6.04 Å². The first-order valence-electron chi connectivity index (χ1n) is 12.3. The molecular weight excluding hydrogens is 490 g/mol. The number of aryl methyl sites for hydroxylation is 1. The molecule has 13 nitrogen and oxygen atoms in total. The van der Waals surface area contributed by atoms with Crippen LogP contribution in [-0.4, -0.2) is 93.2 Å². The first kappa shape index (κ1) is 23.9. The van der Waals surface area contributed by atoms with Crippen LogP contribution in [0.4, 0.5) is 16.2 Å². The highest BCUT2D eigenvalue weighted by Gasteiger charge is 2.34. The number of ether oxygens (including phenoxy) is 2. The Hall–Kier alpha value is -4.52. The van der Waals surface area contributed by atoms with Crippen LogP contribution < -0.4 is 10.2 Å². The largest absolute Gasteiger partial charge is 0.453 e. The number of hydrogen-bond acceptors (Lipinski definition) is 9. The number of tetrazole rings is 1. The van der Waals surface area contributed by atoms with Crippen LogP contribution in [0.25, 0.3) is 16.9 Å². The molecule has 0 atom stereocenters. The predicted molar refractivity (Wildman–Crippen MR) is 137 cm³/mol. The summed E-state index contributed by atoms with van der Waals surface area (Å²) in [6.45, 7) is 5.83. The molecule has 1 N–H and O–H groups in total. The number of amides is 2. The number of carbonyl (C=O) groups is 2. The first-order valence-corrected chi connectivity index (χ1v) is 12.3. The maximum Gasteiger partial charge on any atom is 0.409 e. The molecule has 2 amide bonds. The topological polar surface area (TPSA) is 132 Å². The van der Waals surface area contributed by atoms with Crippen LogP contribution >= 0.6 is 0 Å². The molecule has 1 aromatic carbocycles. The van der Waals surface area contributed by atoms with Crippen LogP contribution in [0.5, 0.6) is 0 Å². The minimum Gasteiger partial charge on any atom is -0.453 e. The van der Waals surface area contributed by atoms with Gasteiger partial charge in [-0.1, -0.05) is 12.1 Å². The second kappa shape index (κ2) is 9.74. The van der Waals surface area contributed by atoms with E-state index in [2.05, 4.69) is 30.7 Å². The normalized spacial score (nSPS) is 15.9. The van der Waals surface area contributed by atoms with Gasteiger partial charge in [-0.15, -0.1) is 10.2 Å². The standard InChI is InChI=1S/C25H27N9O4/c1-16-3-4-17(23-28-30-34(29-23)19-14-32(15-19)25(36)37-2)11-21(16)27-24(35)20-13-26-33-6-5-18(12-22(20)33)31-7-9-38-10-8-31/h3-6,11-13,19H,7-10,14-15H2,1-2H3,(H,27,35). The summed E-state index contributed by atoms with van der Waals surface area (Å²) in [7, 11) is 1.35. The molecule has 0 bridgehead atoms. The Kier molecular flexibility index (Phi) is 6.12. The Balaban J connectivity index is 1.20. The monoisotopic (exact) mass is 517 g/mol. The average molecular weight is 518 g/mol. The van der Waals surface area contributed by atoms with Gasteiger partial charge < -0.3 is 24.6 Å². The lowest BCUT2D eigenvalue weighted by molar-refractivity contribution is 0.0621. The summed E-state index contributed by atoms with van der Waals surface area (Å²) in [6, 6.07) is 9.55. The molecule has 2 aliphatic heterocycles. The number of likely N-dealkylation sites (tertiary alicyclic amines) is 1. The van der Waals surface area contributed by atoms with Crippen LogP contribution in [0.15, 0.2) is 42.7 Å². The third-order valence-corrected chi connectivity index (χ3v) is 6.92. The van der Waals surface area contributed by atoms with E-state index in [0.29, 0.717) is 43.4 Å². The number of benzene rings is 1. The maximum atomic E-state index is 13.3. The van der Waals surface area contributed by atoms with E-state index in [0.717, 1.165) is 35.4 Å². The quantitative estimate of drug-likeness (QED) is 0.422. The zero-order valence-electron chi connectivity index (χ0n) is 21.1. The van der Waals surface area contributed by atoms with Gasteiger partial charge >= 0.3 is 6.09 Å². The van der Waals surface area contributed by atoms with Crippen molar-refractivity contribution in [2.24, 2.45) is 0 Å². The summed E-state index contributed by atoms with van der Waals surface area (Å²) >= 11 is 0. The van der Waals surface area contributed by atoms with Crippen molar-refractivity contribution in [1.29, 1.82) is 0 Å². The Morgan fingerprint density at radius 3 is 2.74 bits per heavy atom. The molecule has 5 heterocycles. The molecule has 6 rings (SSSR count). The zero-order chi connectivity index (χ0) is 26.2. The zero-order valence-corrected chi connectivity index (χ0v) is 21.1. The van der Waals surface area contributed by atoms with Crippen LogP contribution in [0, 0.1) is 6.92 Å². The number of rotatable bonds is 5. The minimum absolute atomic E-state index is 0.0575. The number of carbonyl (C=O) groups excluding carboxylic acids is 2. The smallest absolute Gasteiger partial charge is 0.409 e. The second-order valence-electron chi connectivity index (χ2n) is 9.32. The number of morpholine rings is 1. The van der Waals surface area contributed by atoms with Gasteiger partial charge in [0.15, 0.2) is 0 Å². The highest BCUT2D eigenvalue weighted by Crippen LogP contribution is 2.26. The van der Waals surface area contributed by atoms with Crippen LogP contribution in [-0.2, 0) is 9.47 Å². The molecule has 0 spiro atoms.